The van der Waals surface area contributed by atoms with E-state index in [1.165, 1.54) is 0 Å². The smallest absolute Gasteiger partial charge is 0.237 e. The summed E-state index contributed by atoms with van der Waals surface area (Å²) >= 11 is 0. The highest BCUT2D eigenvalue weighted by molar-refractivity contribution is 5.77. The minimum atomic E-state index is -0.813. The molecule has 0 saturated carbocycles. The molecule has 0 spiro atoms. The predicted molar refractivity (Wildman–Crippen MR) is 88.1 cm³/mol. The Labute approximate surface area is 139 Å². The van der Waals surface area contributed by atoms with E-state index in [2.05, 4.69) is 5.32 Å². The molecule has 6 nitrogen and oxygen atoms in total. The molecule has 2 aromatic rings. The number of piperidine rings is 1. The lowest BCUT2D eigenvalue weighted by molar-refractivity contribution is -0.529. The summed E-state index contributed by atoms with van der Waals surface area (Å²) in [7, 11) is 0. The normalized spacial score (nSPS) is 20.2. The predicted octanol–water partition coefficient (Wildman–Crippen LogP) is 2.86. The Hall–Kier alpha value is -2.89. The van der Waals surface area contributed by atoms with Crippen LogP contribution in [0.4, 0.5) is 0 Å². The molecule has 1 aliphatic rings. The van der Waals surface area contributed by atoms with E-state index < -0.39 is 12.1 Å². The zero-order valence-electron chi connectivity index (χ0n) is 13.1. The molecule has 6 heteroatoms. The van der Waals surface area contributed by atoms with Gasteiger partial charge in [-0.15, -0.1) is 0 Å². The molecule has 1 amide bonds. The van der Waals surface area contributed by atoms with E-state index in [1.807, 2.05) is 30.3 Å². The molecule has 0 unspecified atom stereocenters. The summed E-state index contributed by atoms with van der Waals surface area (Å²) in [5, 5.41) is 14.0. The van der Waals surface area contributed by atoms with Crippen molar-refractivity contribution >= 4 is 5.91 Å². The maximum absolute atomic E-state index is 11.6. The topological polar surface area (TPSA) is 81.5 Å². The minimum Gasteiger partial charge on any atom is -0.489 e. The Kier molecular flexibility index (Phi) is 4.74. The molecule has 2 aromatic carbocycles. The average molecular weight is 326 g/mol. The van der Waals surface area contributed by atoms with Crippen molar-refractivity contribution in [2.75, 3.05) is 0 Å². The van der Waals surface area contributed by atoms with Crippen LogP contribution in [0.3, 0.4) is 0 Å². The number of hydrogen-bond donors (Lipinski definition) is 1. The number of ether oxygens (including phenoxy) is 1. The van der Waals surface area contributed by atoms with Crippen molar-refractivity contribution in [3.63, 3.8) is 0 Å². The maximum atomic E-state index is 11.6. The molecule has 1 N–H and O–H groups in total. The van der Waals surface area contributed by atoms with Crippen LogP contribution in [0.1, 0.15) is 30.0 Å². The van der Waals surface area contributed by atoms with Gasteiger partial charge in [-0.3, -0.25) is 14.9 Å². The number of carbonyl (C=O) groups is 1. The van der Waals surface area contributed by atoms with Crippen molar-refractivity contribution < 1.29 is 14.5 Å². The van der Waals surface area contributed by atoms with Crippen molar-refractivity contribution in [3.8, 4) is 5.75 Å². The van der Waals surface area contributed by atoms with Gasteiger partial charge >= 0.3 is 0 Å². The highest BCUT2D eigenvalue weighted by atomic mass is 16.6. The second-order valence-electron chi connectivity index (χ2n) is 5.78. The first-order chi connectivity index (χ1) is 11.6. The molecule has 0 bridgehead atoms. The van der Waals surface area contributed by atoms with Gasteiger partial charge in [-0.1, -0.05) is 42.5 Å². The standard InChI is InChI=1S/C18H18N2O4/c21-17-10-9-16(20(22)23)18(19-17)14-7-4-8-15(11-14)24-12-13-5-2-1-3-6-13/h1-8,11,16,18H,9-10,12H2,(H,19,21)/t16-,18+/m1/s1. The molecule has 3 rings (SSSR count). The number of amides is 1. The van der Waals surface area contributed by atoms with Crippen LogP contribution in [0, 0.1) is 10.1 Å². The maximum Gasteiger partial charge on any atom is 0.237 e. The number of nitrogens with one attached hydrogen (secondary N) is 1. The van der Waals surface area contributed by atoms with Crippen molar-refractivity contribution in [2.24, 2.45) is 0 Å². The van der Waals surface area contributed by atoms with E-state index in [1.54, 1.807) is 24.3 Å². The van der Waals surface area contributed by atoms with E-state index in [-0.39, 0.29) is 23.7 Å². The van der Waals surface area contributed by atoms with Gasteiger partial charge in [0, 0.05) is 17.8 Å². The highest BCUT2D eigenvalue weighted by Gasteiger charge is 2.38. The Bertz CT molecular complexity index is 733. The summed E-state index contributed by atoms with van der Waals surface area (Å²) in [6.07, 6.45) is 0.435. The van der Waals surface area contributed by atoms with Crippen LogP contribution in [0.15, 0.2) is 54.6 Å². The Morgan fingerprint density at radius 3 is 2.71 bits per heavy atom. The van der Waals surface area contributed by atoms with Gasteiger partial charge in [0.25, 0.3) is 0 Å². The minimum absolute atomic E-state index is 0.159. The third-order valence-corrected chi connectivity index (χ3v) is 4.10. The number of carbonyl (C=O) groups excluding carboxylic acids is 1. The van der Waals surface area contributed by atoms with Gasteiger partial charge < -0.3 is 10.1 Å². The van der Waals surface area contributed by atoms with E-state index >= 15 is 0 Å². The second-order valence-corrected chi connectivity index (χ2v) is 5.78. The van der Waals surface area contributed by atoms with Gasteiger partial charge in [0.1, 0.15) is 18.4 Å². The van der Waals surface area contributed by atoms with Crippen LogP contribution in [-0.4, -0.2) is 16.9 Å². The molecular formula is C18H18N2O4. The molecule has 1 aliphatic heterocycles. The Balaban J connectivity index is 1.76. The molecule has 2 atom stereocenters. The fourth-order valence-electron chi connectivity index (χ4n) is 2.86. The lowest BCUT2D eigenvalue weighted by Crippen LogP contribution is -2.45. The van der Waals surface area contributed by atoms with Crippen LogP contribution in [0.2, 0.25) is 0 Å². The van der Waals surface area contributed by atoms with Gasteiger partial charge in [-0.25, -0.2) is 0 Å². The molecule has 0 aromatic heterocycles. The van der Waals surface area contributed by atoms with Crippen molar-refractivity contribution in [1.29, 1.82) is 0 Å². The van der Waals surface area contributed by atoms with Gasteiger partial charge in [-0.2, -0.15) is 0 Å². The van der Waals surface area contributed by atoms with Gasteiger partial charge in [0.15, 0.2) is 0 Å². The van der Waals surface area contributed by atoms with Gasteiger partial charge in [0.2, 0.25) is 11.9 Å². The zero-order valence-corrected chi connectivity index (χ0v) is 13.1. The van der Waals surface area contributed by atoms with Crippen LogP contribution >= 0.6 is 0 Å². The zero-order chi connectivity index (χ0) is 16.9. The first kappa shape index (κ1) is 16.0. The summed E-state index contributed by atoms with van der Waals surface area (Å²) in [5.74, 6) is 0.465. The lowest BCUT2D eigenvalue weighted by Gasteiger charge is -2.27. The van der Waals surface area contributed by atoms with Crippen LogP contribution in [0.25, 0.3) is 0 Å². The molecule has 1 heterocycles. The number of nitrogens with zero attached hydrogens (tertiary/aromatic N) is 1. The molecule has 24 heavy (non-hydrogen) atoms. The molecule has 0 radical (unpaired) electrons. The third kappa shape index (κ3) is 3.71. The molecule has 124 valence electrons. The number of nitro groups is 1. The van der Waals surface area contributed by atoms with Gasteiger partial charge in [-0.05, 0) is 23.3 Å². The summed E-state index contributed by atoms with van der Waals surface area (Å²) in [5.41, 5.74) is 1.73. The van der Waals surface area contributed by atoms with E-state index in [4.69, 9.17) is 4.74 Å². The van der Waals surface area contributed by atoms with Crippen molar-refractivity contribution in [1.82, 2.24) is 5.32 Å². The van der Waals surface area contributed by atoms with E-state index in [0.29, 0.717) is 17.9 Å². The van der Waals surface area contributed by atoms with Crippen LogP contribution in [-0.2, 0) is 11.4 Å². The number of benzene rings is 2. The van der Waals surface area contributed by atoms with E-state index in [9.17, 15) is 14.9 Å². The van der Waals surface area contributed by atoms with Crippen LogP contribution < -0.4 is 10.1 Å². The molecular weight excluding hydrogens is 308 g/mol. The molecule has 1 fully saturated rings. The second kappa shape index (κ2) is 7.12. The van der Waals surface area contributed by atoms with Crippen molar-refractivity contribution in [2.45, 2.75) is 31.5 Å². The number of rotatable bonds is 5. The summed E-state index contributed by atoms with van der Waals surface area (Å²) in [6.45, 7) is 0.417. The molecule has 1 saturated heterocycles. The monoisotopic (exact) mass is 326 g/mol. The highest BCUT2D eigenvalue weighted by Crippen LogP contribution is 2.28. The number of hydrogen-bond acceptors (Lipinski definition) is 4. The quantitative estimate of drug-likeness (QED) is 0.676. The van der Waals surface area contributed by atoms with Crippen LogP contribution in [0.5, 0.6) is 5.75 Å². The fraction of sp³-hybridized carbons (Fsp3) is 0.278. The SMILES string of the molecule is O=C1CC[C@@H]([N+](=O)[O-])[C@H](c2cccc(OCc3ccccc3)c2)N1. The van der Waals surface area contributed by atoms with Gasteiger partial charge in [0.05, 0.1) is 0 Å². The summed E-state index contributed by atoms with van der Waals surface area (Å²) in [6, 6.07) is 15.4. The average Bonchev–Trinajstić information content (AvgIpc) is 2.61. The van der Waals surface area contributed by atoms with Crippen molar-refractivity contribution in [3.05, 3.63) is 75.8 Å². The Morgan fingerprint density at radius 2 is 1.96 bits per heavy atom. The Morgan fingerprint density at radius 1 is 1.17 bits per heavy atom. The summed E-state index contributed by atoms with van der Waals surface area (Å²) < 4.78 is 5.76. The fourth-order valence-corrected chi connectivity index (χ4v) is 2.86. The summed E-state index contributed by atoms with van der Waals surface area (Å²) in [4.78, 5) is 22.6. The largest absolute Gasteiger partial charge is 0.489 e. The third-order valence-electron chi connectivity index (χ3n) is 4.10. The lowest BCUT2D eigenvalue weighted by atomic mass is 9.92. The van der Waals surface area contributed by atoms with E-state index in [0.717, 1.165) is 5.56 Å². The first-order valence-electron chi connectivity index (χ1n) is 7.83. The molecule has 0 aliphatic carbocycles. The first-order valence-corrected chi connectivity index (χ1v) is 7.83.